The van der Waals surface area contributed by atoms with Crippen molar-refractivity contribution in [2.75, 3.05) is 13.1 Å². The quantitative estimate of drug-likeness (QED) is 0.782. The summed E-state index contributed by atoms with van der Waals surface area (Å²) in [6, 6.07) is 7.94. The van der Waals surface area contributed by atoms with Crippen LogP contribution in [0.4, 0.5) is 0 Å². The Morgan fingerprint density at radius 3 is 2.73 bits per heavy atom. The molecule has 1 amide bonds. The van der Waals surface area contributed by atoms with E-state index in [1.165, 1.54) is 12.8 Å². The van der Waals surface area contributed by atoms with Crippen molar-refractivity contribution in [1.29, 1.82) is 0 Å². The van der Waals surface area contributed by atoms with Crippen molar-refractivity contribution in [2.45, 2.75) is 33.2 Å². The van der Waals surface area contributed by atoms with Gasteiger partial charge >= 0.3 is 0 Å². The summed E-state index contributed by atoms with van der Waals surface area (Å²) in [6.07, 6.45) is 2.35. The summed E-state index contributed by atoms with van der Waals surface area (Å²) in [4.78, 5) is 13.9. The normalized spacial score (nSPS) is 11.0. The van der Waals surface area contributed by atoms with E-state index in [0.29, 0.717) is 5.69 Å². The standard InChI is InChI=1S/C16H23N5O/c1-3-5-10-21(4-2)11-12-8-6-7-9-13(12)14-15(16(17)22)19-20-18-14/h6-9H,3-5,10-11H2,1-2H3,(H2,17,22)(H,18,19,20). The Kier molecular flexibility index (Phi) is 5.66. The number of aromatic amines is 1. The molecule has 1 heterocycles. The van der Waals surface area contributed by atoms with E-state index in [-0.39, 0.29) is 5.69 Å². The highest BCUT2D eigenvalue weighted by Crippen LogP contribution is 2.25. The first-order valence-electron chi connectivity index (χ1n) is 7.68. The Morgan fingerprint density at radius 2 is 2.05 bits per heavy atom. The van der Waals surface area contributed by atoms with Crippen LogP contribution in [0, 0.1) is 0 Å². The van der Waals surface area contributed by atoms with Crippen LogP contribution < -0.4 is 5.73 Å². The van der Waals surface area contributed by atoms with Crippen molar-refractivity contribution in [3.8, 4) is 11.3 Å². The molecule has 0 bridgehead atoms. The van der Waals surface area contributed by atoms with Crippen LogP contribution in [-0.2, 0) is 6.54 Å². The molecule has 0 fully saturated rings. The Labute approximate surface area is 130 Å². The number of unbranched alkanes of at least 4 members (excludes halogenated alkanes) is 1. The zero-order valence-corrected chi connectivity index (χ0v) is 13.2. The van der Waals surface area contributed by atoms with Crippen LogP contribution in [0.3, 0.4) is 0 Å². The minimum absolute atomic E-state index is 0.184. The third-order valence-electron chi connectivity index (χ3n) is 3.72. The summed E-state index contributed by atoms with van der Waals surface area (Å²) >= 11 is 0. The van der Waals surface area contributed by atoms with Crippen molar-refractivity contribution in [3.63, 3.8) is 0 Å². The van der Waals surface area contributed by atoms with Gasteiger partial charge in [-0.05, 0) is 25.1 Å². The number of nitrogens with two attached hydrogens (primary N) is 1. The first kappa shape index (κ1) is 16.2. The van der Waals surface area contributed by atoms with Gasteiger partial charge in [-0.15, -0.1) is 0 Å². The molecule has 0 saturated heterocycles. The maximum absolute atomic E-state index is 11.5. The molecule has 0 spiro atoms. The molecular formula is C16H23N5O. The maximum Gasteiger partial charge on any atom is 0.271 e. The summed E-state index contributed by atoms with van der Waals surface area (Å²) in [5.41, 5.74) is 8.10. The number of benzene rings is 1. The van der Waals surface area contributed by atoms with Gasteiger partial charge in [0.1, 0.15) is 5.69 Å². The fourth-order valence-corrected chi connectivity index (χ4v) is 2.45. The lowest BCUT2D eigenvalue weighted by atomic mass is 10.0. The molecule has 0 atom stereocenters. The Bertz CT molecular complexity index is 623. The molecule has 3 N–H and O–H groups in total. The van der Waals surface area contributed by atoms with Gasteiger partial charge in [-0.25, -0.2) is 0 Å². The second kappa shape index (κ2) is 7.70. The molecule has 0 saturated carbocycles. The lowest BCUT2D eigenvalue weighted by molar-refractivity contribution is 0.0996. The number of amides is 1. The summed E-state index contributed by atoms with van der Waals surface area (Å²) in [5, 5.41) is 10.5. The fraction of sp³-hybridized carbons (Fsp3) is 0.438. The van der Waals surface area contributed by atoms with E-state index in [4.69, 9.17) is 5.73 Å². The molecule has 1 aromatic heterocycles. The zero-order valence-electron chi connectivity index (χ0n) is 13.2. The highest BCUT2D eigenvalue weighted by atomic mass is 16.1. The second-order valence-corrected chi connectivity index (χ2v) is 5.26. The van der Waals surface area contributed by atoms with Gasteiger partial charge in [0, 0.05) is 12.1 Å². The summed E-state index contributed by atoms with van der Waals surface area (Å²) in [5.74, 6) is -0.572. The van der Waals surface area contributed by atoms with E-state index >= 15 is 0 Å². The van der Waals surface area contributed by atoms with E-state index in [1.54, 1.807) is 0 Å². The van der Waals surface area contributed by atoms with Crippen molar-refractivity contribution in [3.05, 3.63) is 35.5 Å². The largest absolute Gasteiger partial charge is 0.364 e. The topological polar surface area (TPSA) is 87.9 Å². The molecule has 2 aromatic rings. The van der Waals surface area contributed by atoms with Crippen LogP contribution in [0.2, 0.25) is 0 Å². The maximum atomic E-state index is 11.5. The van der Waals surface area contributed by atoms with Crippen LogP contribution in [0.15, 0.2) is 24.3 Å². The lowest BCUT2D eigenvalue weighted by Gasteiger charge is -2.21. The Balaban J connectivity index is 2.30. The summed E-state index contributed by atoms with van der Waals surface area (Å²) < 4.78 is 0. The average molecular weight is 301 g/mol. The fourth-order valence-electron chi connectivity index (χ4n) is 2.45. The number of carbonyl (C=O) groups excluding carboxylic acids is 1. The van der Waals surface area contributed by atoms with Gasteiger partial charge in [0.15, 0.2) is 5.69 Å². The van der Waals surface area contributed by atoms with Gasteiger partial charge in [-0.2, -0.15) is 15.4 Å². The predicted molar refractivity (Wildman–Crippen MR) is 86.2 cm³/mol. The predicted octanol–water partition coefficient (Wildman–Crippen LogP) is 2.19. The van der Waals surface area contributed by atoms with E-state index in [9.17, 15) is 4.79 Å². The molecule has 22 heavy (non-hydrogen) atoms. The third kappa shape index (κ3) is 3.71. The molecule has 0 unspecified atom stereocenters. The van der Waals surface area contributed by atoms with E-state index in [0.717, 1.165) is 30.8 Å². The van der Waals surface area contributed by atoms with Crippen molar-refractivity contribution < 1.29 is 4.79 Å². The first-order valence-corrected chi connectivity index (χ1v) is 7.68. The second-order valence-electron chi connectivity index (χ2n) is 5.26. The Hall–Kier alpha value is -2.21. The van der Waals surface area contributed by atoms with Crippen LogP contribution in [0.5, 0.6) is 0 Å². The minimum atomic E-state index is -0.572. The minimum Gasteiger partial charge on any atom is -0.364 e. The van der Waals surface area contributed by atoms with Gasteiger partial charge in [-0.3, -0.25) is 9.69 Å². The van der Waals surface area contributed by atoms with Crippen LogP contribution in [0.1, 0.15) is 42.7 Å². The molecule has 6 heteroatoms. The van der Waals surface area contributed by atoms with Crippen molar-refractivity contribution >= 4 is 5.91 Å². The van der Waals surface area contributed by atoms with Crippen LogP contribution in [-0.4, -0.2) is 39.3 Å². The smallest absolute Gasteiger partial charge is 0.271 e. The van der Waals surface area contributed by atoms with Gasteiger partial charge < -0.3 is 5.73 Å². The molecule has 6 nitrogen and oxygen atoms in total. The number of hydrogen-bond donors (Lipinski definition) is 2. The third-order valence-corrected chi connectivity index (χ3v) is 3.72. The highest BCUT2D eigenvalue weighted by molar-refractivity contribution is 5.97. The lowest BCUT2D eigenvalue weighted by Crippen LogP contribution is -2.24. The Morgan fingerprint density at radius 1 is 1.27 bits per heavy atom. The van der Waals surface area contributed by atoms with Crippen LogP contribution in [0.25, 0.3) is 11.3 Å². The van der Waals surface area contributed by atoms with Gasteiger partial charge in [0.2, 0.25) is 0 Å². The van der Waals surface area contributed by atoms with E-state index in [2.05, 4.69) is 40.2 Å². The number of aromatic nitrogens is 3. The van der Waals surface area contributed by atoms with Gasteiger partial charge in [0.25, 0.3) is 5.91 Å². The zero-order chi connectivity index (χ0) is 15.9. The summed E-state index contributed by atoms with van der Waals surface area (Å²) in [6.45, 7) is 7.20. The molecule has 0 radical (unpaired) electrons. The molecule has 0 aliphatic rings. The van der Waals surface area contributed by atoms with Crippen molar-refractivity contribution in [2.24, 2.45) is 5.73 Å². The van der Waals surface area contributed by atoms with Crippen LogP contribution >= 0.6 is 0 Å². The molecular weight excluding hydrogens is 278 g/mol. The molecule has 0 aliphatic carbocycles. The molecule has 2 rings (SSSR count). The van der Waals surface area contributed by atoms with Gasteiger partial charge in [-0.1, -0.05) is 44.5 Å². The number of hydrogen-bond acceptors (Lipinski definition) is 4. The highest BCUT2D eigenvalue weighted by Gasteiger charge is 2.18. The molecule has 118 valence electrons. The number of carbonyl (C=O) groups is 1. The van der Waals surface area contributed by atoms with E-state index in [1.807, 2.05) is 18.2 Å². The van der Waals surface area contributed by atoms with Crippen molar-refractivity contribution in [1.82, 2.24) is 20.3 Å². The first-order chi connectivity index (χ1) is 10.7. The van der Waals surface area contributed by atoms with E-state index < -0.39 is 5.91 Å². The monoisotopic (exact) mass is 301 g/mol. The average Bonchev–Trinajstić information content (AvgIpc) is 3.01. The number of nitrogens with one attached hydrogen (secondary N) is 1. The molecule has 1 aromatic carbocycles. The number of rotatable bonds is 8. The SMILES string of the molecule is CCCCN(CC)Cc1ccccc1-c1n[nH]nc1C(N)=O. The number of primary amides is 1. The van der Waals surface area contributed by atoms with Gasteiger partial charge in [0.05, 0.1) is 0 Å². The summed E-state index contributed by atoms with van der Waals surface area (Å²) in [7, 11) is 0. The number of H-pyrrole nitrogens is 1. The molecule has 0 aliphatic heterocycles. The number of nitrogens with zero attached hydrogens (tertiary/aromatic N) is 3.